The Labute approximate surface area is 150 Å². The second-order valence-electron chi connectivity index (χ2n) is 6.74. The van der Waals surface area contributed by atoms with Crippen LogP contribution in [0.3, 0.4) is 0 Å². The molecule has 9 heteroatoms. The number of anilines is 2. The third kappa shape index (κ3) is 3.71. The first-order valence-electron chi connectivity index (χ1n) is 8.35. The molecule has 0 bridgehead atoms. The van der Waals surface area contributed by atoms with Crippen molar-refractivity contribution in [2.75, 3.05) is 37.3 Å². The fraction of sp³-hybridized carbons (Fsp3) is 0.471. The van der Waals surface area contributed by atoms with E-state index in [1.54, 1.807) is 11.9 Å². The van der Waals surface area contributed by atoms with Crippen LogP contribution in [0.2, 0.25) is 0 Å². The Balaban J connectivity index is 1.68. The Morgan fingerprint density at radius 2 is 2.04 bits per heavy atom. The Morgan fingerprint density at radius 3 is 2.69 bits per heavy atom. The summed E-state index contributed by atoms with van der Waals surface area (Å²) >= 11 is 0. The van der Waals surface area contributed by atoms with Crippen LogP contribution >= 0.6 is 0 Å². The predicted octanol–water partition coefficient (Wildman–Crippen LogP) is 2.23. The number of nitrogens with one attached hydrogen (secondary N) is 2. The maximum atomic E-state index is 13.7. The fourth-order valence-corrected chi connectivity index (χ4v) is 3.37. The van der Waals surface area contributed by atoms with Gasteiger partial charge in [-0.05, 0) is 31.0 Å². The Bertz CT molecular complexity index is 756. The van der Waals surface area contributed by atoms with Crippen LogP contribution < -0.4 is 10.6 Å². The first-order chi connectivity index (χ1) is 12.3. The van der Waals surface area contributed by atoms with Crippen LogP contribution in [0.1, 0.15) is 19.8 Å². The molecule has 3 rings (SSSR count). The van der Waals surface area contributed by atoms with Crippen molar-refractivity contribution in [1.29, 1.82) is 0 Å². The lowest BCUT2D eigenvalue weighted by Gasteiger charge is -2.38. The van der Waals surface area contributed by atoms with E-state index in [0.29, 0.717) is 31.7 Å². The van der Waals surface area contributed by atoms with Crippen molar-refractivity contribution >= 4 is 29.4 Å². The van der Waals surface area contributed by atoms with Gasteiger partial charge in [0.25, 0.3) is 0 Å². The summed E-state index contributed by atoms with van der Waals surface area (Å²) in [6.45, 7) is 2.56. The molecule has 0 aliphatic carbocycles. The van der Waals surface area contributed by atoms with E-state index in [2.05, 4.69) is 10.6 Å². The summed E-state index contributed by atoms with van der Waals surface area (Å²) in [6, 6.07) is 3.58. The van der Waals surface area contributed by atoms with Crippen LogP contribution in [-0.2, 0) is 9.53 Å². The number of urea groups is 1. The van der Waals surface area contributed by atoms with Gasteiger partial charge in [-0.3, -0.25) is 4.79 Å². The summed E-state index contributed by atoms with van der Waals surface area (Å²) in [6.07, 6.45) is 1.04. The summed E-state index contributed by atoms with van der Waals surface area (Å²) in [5, 5.41) is 5.07. The van der Waals surface area contributed by atoms with E-state index < -0.39 is 17.3 Å². The number of carbonyl (C=O) groups is 3. The number of piperidine rings is 1. The topological polar surface area (TPSA) is 91.0 Å². The minimum atomic E-state index is -0.675. The third-order valence-corrected chi connectivity index (χ3v) is 4.50. The maximum absolute atomic E-state index is 13.7. The standard InChI is InChI=1S/C17H21FN4O4/c1-11(23)19-14-8-12(4-5-13(14)18)20-15(24)22-7-3-6-17(10-22)9-21(2)16(25)26-17/h4-5,8H,3,6-7,9-10H2,1-2H3,(H,19,23)(H,20,24)/t17-/m1/s1. The average molecular weight is 364 g/mol. The van der Waals surface area contributed by atoms with Gasteiger partial charge in [0.15, 0.2) is 0 Å². The largest absolute Gasteiger partial charge is 0.439 e. The number of likely N-dealkylation sites (tertiary alicyclic amines) is 1. The Kier molecular flexibility index (Phi) is 4.71. The Morgan fingerprint density at radius 1 is 1.27 bits per heavy atom. The number of ether oxygens (including phenoxy) is 1. The number of carbonyl (C=O) groups excluding carboxylic acids is 3. The van der Waals surface area contributed by atoms with Gasteiger partial charge < -0.3 is 25.2 Å². The molecule has 0 saturated carbocycles. The Hall–Kier alpha value is -2.84. The molecule has 8 nitrogen and oxygen atoms in total. The van der Waals surface area contributed by atoms with Gasteiger partial charge >= 0.3 is 12.1 Å². The number of likely N-dealkylation sites (N-methyl/N-ethyl adjacent to an activating group) is 1. The first-order valence-corrected chi connectivity index (χ1v) is 8.35. The summed E-state index contributed by atoms with van der Waals surface area (Å²) in [5.74, 6) is -0.992. The van der Waals surface area contributed by atoms with Gasteiger partial charge in [0, 0.05) is 26.2 Å². The fourth-order valence-electron chi connectivity index (χ4n) is 3.37. The molecule has 2 saturated heterocycles. The quantitative estimate of drug-likeness (QED) is 0.842. The van der Waals surface area contributed by atoms with Gasteiger partial charge in [0.1, 0.15) is 11.4 Å². The zero-order valence-corrected chi connectivity index (χ0v) is 14.7. The highest BCUT2D eigenvalue weighted by Gasteiger charge is 2.47. The van der Waals surface area contributed by atoms with E-state index in [0.717, 1.165) is 6.42 Å². The number of amides is 4. The molecule has 1 aromatic rings. The van der Waals surface area contributed by atoms with Crippen molar-refractivity contribution in [1.82, 2.24) is 9.80 Å². The van der Waals surface area contributed by atoms with Crippen LogP contribution in [0.25, 0.3) is 0 Å². The van der Waals surface area contributed by atoms with E-state index in [-0.39, 0.29) is 17.8 Å². The SMILES string of the molecule is CC(=O)Nc1cc(NC(=O)N2CCC[C@@]3(CN(C)C(=O)O3)C2)ccc1F. The summed E-state index contributed by atoms with van der Waals surface area (Å²) in [4.78, 5) is 38.5. The summed E-state index contributed by atoms with van der Waals surface area (Å²) < 4.78 is 19.2. The minimum absolute atomic E-state index is 0.00300. The minimum Gasteiger partial charge on any atom is -0.439 e. The van der Waals surface area contributed by atoms with Crippen molar-refractivity contribution in [3.05, 3.63) is 24.0 Å². The molecule has 0 radical (unpaired) electrons. The van der Waals surface area contributed by atoms with E-state index in [4.69, 9.17) is 4.74 Å². The van der Waals surface area contributed by atoms with Crippen molar-refractivity contribution in [2.24, 2.45) is 0 Å². The molecule has 2 N–H and O–H groups in total. The molecule has 0 aromatic heterocycles. The number of nitrogens with zero attached hydrogens (tertiary/aromatic N) is 2. The van der Waals surface area contributed by atoms with E-state index in [1.807, 2.05) is 0 Å². The summed E-state index contributed by atoms with van der Waals surface area (Å²) in [7, 11) is 1.66. The highest BCUT2D eigenvalue weighted by Crippen LogP contribution is 2.31. The molecule has 4 amide bonds. The molecule has 1 atom stereocenters. The molecule has 2 aliphatic heterocycles. The third-order valence-electron chi connectivity index (χ3n) is 4.50. The highest BCUT2D eigenvalue weighted by atomic mass is 19.1. The van der Waals surface area contributed by atoms with Crippen LogP contribution in [0.15, 0.2) is 18.2 Å². The number of benzene rings is 1. The summed E-state index contributed by atoms with van der Waals surface area (Å²) in [5.41, 5.74) is -0.317. The maximum Gasteiger partial charge on any atom is 0.410 e. The molecule has 0 unspecified atom stereocenters. The number of halogens is 1. The molecular formula is C17H21FN4O4. The average Bonchev–Trinajstić information content (AvgIpc) is 2.83. The van der Waals surface area contributed by atoms with E-state index in [9.17, 15) is 18.8 Å². The lowest BCUT2D eigenvalue weighted by Crippen LogP contribution is -2.53. The second kappa shape index (κ2) is 6.81. The van der Waals surface area contributed by atoms with Crippen molar-refractivity contribution in [2.45, 2.75) is 25.4 Å². The van der Waals surface area contributed by atoms with Crippen LogP contribution in [0, 0.1) is 5.82 Å². The lowest BCUT2D eigenvalue weighted by atomic mass is 9.93. The van der Waals surface area contributed by atoms with Gasteiger partial charge in [-0.15, -0.1) is 0 Å². The van der Waals surface area contributed by atoms with Gasteiger partial charge in [-0.1, -0.05) is 0 Å². The number of hydrogen-bond acceptors (Lipinski definition) is 4. The van der Waals surface area contributed by atoms with Crippen LogP contribution in [-0.4, -0.2) is 60.1 Å². The van der Waals surface area contributed by atoms with E-state index >= 15 is 0 Å². The number of hydrogen-bond donors (Lipinski definition) is 2. The van der Waals surface area contributed by atoms with Crippen molar-refractivity contribution < 1.29 is 23.5 Å². The second-order valence-corrected chi connectivity index (χ2v) is 6.74. The smallest absolute Gasteiger partial charge is 0.410 e. The highest BCUT2D eigenvalue weighted by molar-refractivity contribution is 5.92. The van der Waals surface area contributed by atoms with Gasteiger partial charge in [-0.25, -0.2) is 14.0 Å². The zero-order valence-electron chi connectivity index (χ0n) is 14.7. The van der Waals surface area contributed by atoms with Gasteiger partial charge in [0.05, 0.1) is 18.8 Å². The molecular weight excluding hydrogens is 343 g/mol. The molecule has 1 aromatic carbocycles. The number of rotatable bonds is 2. The van der Waals surface area contributed by atoms with Gasteiger partial charge in [-0.2, -0.15) is 0 Å². The lowest BCUT2D eigenvalue weighted by molar-refractivity contribution is -0.114. The van der Waals surface area contributed by atoms with Crippen LogP contribution in [0.5, 0.6) is 0 Å². The van der Waals surface area contributed by atoms with Crippen LogP contribution in [0.4, 0.5) is 25.4 Å². The van der Waals surface area contributed by atoms with Gasteiger partial charge in [0.2, 0.25) is 5.91 Å². The molecule has 2 heterocycles. The monoisotopic (exact) mass is 364 g/mol. The van der Waals surface area contributed by atoms with Crippen molar-refractivity contribution in [3.63, 3.8) is 0 Å². The molecule has 26 heavy (non-hydrogen) atoms. The first kappa shape index (κ1) is 18.0. The predicted molar refractivity (Wildman–Crippen MR) is 92.4 cm³/mol. The zero-order chi connectivity index (χ0) is 18.9. The van der Waals surface area contributed by atoms with Crippen molar-refractivity contribution in [3.8, 4) is 0 Å². The van der Waals surface area contributed by atoms with E-state index in [1.165, 1.54) is 30.0 Å². The molecule has 1 spiro atoms. The molecule has 2 aliphatic rings. The molecule has 2 fully saturated rings. The molecule has 140 valence electrons. The normalized spacial score (nSPS) is 22.3.